The van der Waals surface area contributed by atoms with Gasteiger partial charge in [0.2, 0.25) is 0 Å². The lowest BCUT2D eigenvalue weighted by Crippen LogP contribution is -1.95. The molecule has 0 aliphatic heterocycles. The topological polar surface area (TPSA) is 9.23 Å². The van der Waals surface area contributed by atoms with Gasteiger partial charge < -0.3 is 4.74 Å². The van der Waals surface area contributed by atoms with Crippen molar-refractivity contribution in [3.63, 3.8) is 0 Å². The fourth-order valence-corrected chi connectivity index (χ4v) is 1.46. The van der Waals surface area contributed by atoms with Crippen LogP contribution in [0.5, 0.6) is 0 Å². The maximum atomic E-state index is 5.21. The second-order valence-electron chi connectivity index (χ2n) is 2.03. The van der Waals surface area contributed by atoms with Crippen LogP contribution in [0.2, 0.25) is 0 Å². The lowest BCUT2D eigenvalue weighted by molar-refractivity contribution is 0.151. The molecule has 0 unspecified atom stereocenters. The monoisotopic (exact) mass is 156 g/mol. The van der Waals surface area contributed by atoms with Crippen LogP contribution in [-0.4, -0.2) is 13.2 Å². The van der Waals surface area contributed by atoms with Crippen LogP contribution in [0, 0.1) is 0 Å². The third kappa shape index (κ3) is 2.50. The van der Waals surface area contributed by atoms with Gasteiger partial charge >= 0.3 is 0 Å². The predicted octanol–water partition coefficient (Wildman–Crippen LogP) is 2.33. The van der Waals surface area contributed by atoms with E-state index in [1.165, 1.54) is 4.88 Å². The molecule has 1 aromatic rings. The summed E-state index contributed by atoms with van der Waals surface area (Å²) < 4.78 is 5.21. The van der Waals surface area contributed by atoms with E-state index in [9.17, 15) is 0 Å². The minimum atomic E-state index is 0.825. The first kappa shape index (κ1) is 7.76. The van der Waals surface area contributed by atoms with Crippen molar-refractivity contribution in [1.29, 1.82) is 0 Å². The van der Waals surface area contributed by atoms with Crippen LogP contribution in [0.15, 0.2) is 17.5 Å². The summed E-state index contributed by atoms with van der Waals surface area (Å²) in [6, 6.07) is 4.22. The van der Waals surface area contributed by atoms with E-state index < -0.39 is 0 Å². The zero-order valence-electron chi connectivity index (χ0n) is 6.17. The first-order valence-corrected chi connectivity index (χ1v) is 4.41. The van der Waals surface area contributed by atoms with E-state index >= 15 is 0 Å². The lowest BCUT2D eigenvalue weighted by Gasteiger charge is -1.96. The molecule has 0 aromatic carbocycles. The molecule has 0 N–H and O–H groups in total. The van der Waals surface area contributed by atoms with E-state index in [0.717, 1.165) is 19.6 Å². The number of ether oxygens (including phenoxy) is 1. The molecule has 0 aliphatic carbocycles. The average molecular weight is 156 g/mol. The Bertz CT molecular complexity index is 158. The fourth-order valence-electron chi connectivity index (χ4n) is 0.772. The van der Waals surface area contributed by atoms with Crippen LogP contribution in [0.3, 0.4) is 0 Å². The van der Waals surface area contributed by atoms with Gasteiger partial charge in [0.15, 0.2) is 0 Å². The highest BCUT2D eigenvalue weighted by Gasteiger charge is 1.91. The van der Waals surface area contributed by atoms with Crippen molar-refractivity contribution >= 4 is 11.3 Å². The molecule has 1 nitrogen and oxygen atoms in total. The van der Waals surface area contributed by atoms with E-state index in [0.29, 0.717) is 0 Å². The van der Waals surface area contributed by atoms with Crippen LogP contribution < -0.4 is 0 Å². The second-order valence-corrected chi connectivity index (χ2v) is 3.06. The Balaban J connectivity index is 2.15. The Morgan fingerprint density at radius 3 is 3.10 bits per heavy atom. The summed E-state index contributed by atoms with van der Waals surface area (Å²) in [7, 11) is 0. The Labute approximate surface area is 65.6 Å². The first-order valence-electron chi connectivity index (χ1n) is 3.53. The maximum Gasteiger partial charge on any atom is 0.0514 e. The first-order chi connectivity index (χ1) is 4.93. The van der Waals surface area contributed by atoms with E-state index in [2.05, 4.69) is 17.5 Å². The van der Waals surface area contributed by atoms with Crippen LogP contribution in [0.4, 0.5) is 0 Å². The fraction of sp³-hybridized carbons (Fsp3) is 0.500. The Morgan fingerprint density at radius 2 is 2.50 bits per heavy atom. The molecule has 0 aliphatic rings. The minimum Gasteiger partial charge on any atom is -0.381 e. The van der Waals surface area contributed by atoms with E-state index in [1.54, 1.807) is 11.3 Å². The molecule has 1 heterocycles. The molecule has 1 rings (SSSR count). The number of thiophene rings is 1. The van der Waals surface area contributed by atoms with Gasteiger partial charge in [0.05, 0.1) is 6.61 Å². The zero-order valence-corrected chi connectivity index (χ0v) is 6.99. The van der Waals surface area contributed by atoms with Crippen LogP contribution in [-0.2, 0) is 11.2 Å². The Morgan fingerprint density at radius 1 is 1.60 bits per heavy atom. The molecule has 1 aromatic heterocycles. The van der Waals surface area contributed by atoms with Crippen LogP contribution >= 0.6 is 11.3 Å². The second kappa shape index (κ2) is 4.47. The largest absolute Gasteiger partial charge is 0.381 e. The summed E-state index contributed by atoms with van der Waals surface area (Å²) in [6.07, 6.45) is 1.06. The molecule has 0 radical (unpaired) electrons. The minimum absolute atomic E-state index is 0.825. The molecular weight excluding hydrogens is 144 g/mol. The summed E-state index contributed by atoms with van der Waals surface area (Å²) in [5.41, 5.74) is 0. The number of hydrogen-bond donors (Lipinski definition) is 0. The van der Waals surface area contributed by atoms with Gasteiger partial charge in [0.1, 0.15) is 0 Å². The van der Waals surface area contributed by atoms with E-state index in [4.69, 9.17) is 4.74 Å². The third-order valence-corrected chi connectivity index (χ3v) is 2.21. The van der Waals surface area contributed by atoms with Crippen molar-refractivity contribution in [2.75, 3.05) is 13.2 Å². The highest BCUT2D eigenvalue weighted by Crippen LogP contribution is 2.08. The molecule has 0 fully saturated rings. The van der Waals surface area contributed by atoms with Gasteiger partial charge in [0, 0.05) is 17.9 Å². The Kier molecular flexibility index (Phi) is 3.47. The molecule has 0 saturated carbocycles. The molecule has 2 heteroatoms. The molecule has 0 atom stereocenters. The molecule has 0 bridgehead atoms. The van der Waals surface area contributed by atoms with E-state index in [-0.39, 0.29) is 0 Å². The van der Waals surface area contributed by atoms with Crippen molar-refractivity contribution < 1.29 is 4.74 Å². The quantitative estimate of drug-likeness (QED) is 0.608. The lowest BCUT2D eigenvalue weighted by atomic mass is 10.4. The number of rotatable bonds is 4. The summed E-state index contributed by atoms with van der Waals surface area (Å²) in [5, 5.41) is 2.10. The molecule has 0 amide bonds. The smallest absolute Gasteiger partial charge is 0.0514 e. The molecule has 0 saturated heterocycles. The summed E-state index contributed by atoms with van der Waals surface area (Å²) >= 11 is 1.79. The van der Waals surface area contributed by atoms with Gasteiger partial charge in [-0.15, -0.1) is 11.3 Å². The van der Waals surface area contributed by atoms with Gasteiger partial charge in [-0.1, -0.05) is 6.07 Å². The van der Waals surface area contributed by atoms with Crippen LogP contribution in [0.25, 0.3) is 0 Å². The van der Waals surface area contributed by atoms with Crippen LogP contribution in [0.1, 0.15) is 11.8 Å². The van der Waals surface area contributed by atoms with Crippen molar-refractivity contribution in [1.82, 2.24) is 0 Å². The third-order valence-electron chi connectivity index (χ3n) is 1.28. The number of hydrogen-bond acceptors (Lipinski definition) is 2. The highest BCUT2D eigenvalue weighted by atomic mass is 32.1. The zero-order chi connectivity index (χ0) is 7.23. The standard InChI is InChI=1S/C8H12OS/c1-2-9-6-5-8-4-3-7-10-8/h3-4,7H,2,5-6H2,1H3. The van der Waals surface area contributed by atoms with Crippen molar-refractivity contribution in [2.24, 2.45) is 0 Å². The van der Waals surface area contributed by atoms with Gasteiger partial charge in [-0.3, -0.25) is 0 Å². The van der Waals surface area contributed by atoms with Gasteiger partial charge in [-0.2, -0.15) is 0 Å². The van der Waals surface area contributed by atoms with Crippen molar-refractivity contribution in [3.05, 3.63) is 22.4 Å². The Hall–Kier alpha value is -0.340. The molecular formula is C8H12OS. The van der Waals surface area contributed by atoms with Crippen molar-refractivity contribution in [3.8, 4) is 0 Å². The molecule has 0 spiro atoms. The van der Waals surface area contributed by atoms with Gasteiger partial charge in [-0.25, -0.2) is 0 Å². The summed E-state index contributed by atoms with van der Waals surface area (Å²) in [4.78, 5) is 1.41. The van der Waals surface area contributed by atoms with Crippen molar-refractivity contribution in [2.45, 2.75) is 13.3 Å². The van der Waals surface area contributed by atoms with Gasteiger partial charge in [-0.05, 0) is 18.4 Å². The normalized spacial score (nSPS) is 10.1. The predicted molar refractivity (Wildman–Crippen MR) is 44.5 cm³/mol. The van der Waals surface area contributed by atoms with E-state index in [1.807, 2.05) is 6.92 Å². The SMILES string of the molecule is CCOCCc1cccs1. The maximum absolute atomic E-state index is 5.21. The van der Waals surface area contributed by atoms with Gasteiger partial charge in [0.25, 0.3) is 0 Å². The highest BCUT2D eigenvalue weighted by molar-refractivity contribution is 7.09. The summed E-state index contributed by atoms with van der Waals surface area (Å²) in [6.45, 7) is 3.71. The average Bonchev–Trinajstić information content (AvgIpc) is 2.41. The molecule has 10 heavy (non-hydrogen) atoms. The summed E-state index contributed by atoms with van der Waals surface area (Å²) in [5.74, 6) is 0. The molecule has 56 valence electrons.